The Morgan fingerprint density at radius 3 is 2.41 bits per heavy atom. The number of nitrogens with two attached hydrogens (primary N) is 1. The minimum atomic E-state index is 0.591. The molecule has 1 aliphatic rings. The van der Waals surface area contributed by atoms with Crippen LogP contribution in [0.25, 0.3) is 0 Å². The van der Waals surface area contributed by atoms with Gasteiger partial charge >= 0.3 is 0 Å². The normalized spacial score (nSPS) is 17.0. The zero-order valence-electron chi connectivity index (χ0n) is 13.9. The van der Waals surface area contributed by atoms with Crippen molar-refractivity contribution in [3.63, 3.8) is 0 Å². The first-order chi connectivity index (χ1) is 10.4. The molecule has 4 nitrogen and oxygen atoms in total. The fraction of sp³-hybridized carbons (Fsp3) is 0.500. The highest BCUT2D eigenvalue weighted by atomic mass is 32.2. The molecule has 1 saturated carbocycles. The SMILES string of the molecule is C=C(S)/C(=N\C=C(/C)C(N)=C1CCCC1)N(SC)/C(C)=N/C. The van der Waals surface area contributed by atoms with Crippen molar-refractivity contribution in [3.8, 4) is 0 Å². The highest BCUT2D eigenvalue weighted by Crippen LogP contribution is 2.27. The molecule has 0 amide bonds. The van der Waals surface area contributed by atoms with E-state index in [2.05, 4.69) is 29.2 Å². The predicted octanol–water partition coefficient (Wildman–Crippen LogP) is 4.15. The zero-order chi connectivity index (χ0) is 16.7. The van der Waals surface area contributed by atoms with E-state index in [1.807, 2.05) is 24.4 Å². The highest BCUT2D eigenvalue weighted by molar-refractivity contribution is 7.97. The van der Waals surface area contributed by atoms with Crippen molar-refractivity contribution >= 4 is 36.2 Å². The number of aliphatic imine (C=N–C) groups is 2. The lowest BCUT2D eigenvalue weighted by Gasteiger charge is -2.22. The van der Waals surface area contributed by atoms with E-state index >= 15 is 0 Å². The van der Waals surface area contributed by atoms with Crippen molar-refractivity contribution in [2.75, 3.05) is 13.3 Å². The Labute approximate surface area is 143 Å². The Morgan fingerprint density at radius 2 is 1.95 bits per heavy atom. The van der Waals surface area contributed by atoms with Gasteiger partial charge in [-0.05, 0) is 62.6 Å². The summed E-state index contributed by atoms with van der Waals surface area (Å²) < 4.78 is 1.90. The number of allylic oxidation sites excluding steroid dienone is 2. The molecule has 0 aromatic heterocycles. The van der Waals surface area contributed by atoms with Crippen molar-refractivity contribution in [2.45, 2.75) is 39.5 Å². The molecule has 0 aromatic rings. The Bertz CT molecular complexity index is 536. The van der Waals surface area contributed by atoms with Crippen LogP contribution in [0.15, 0.2) is 44.5 Å². The summed E-state index contributed by atoms with van der Waals surface area (Å²) in [7, 11) is 1.75. The van der Waals surface area contributed by atoms with Crippen LogP contribution in [0.3, 0.4) is 0 Å². The maximum absolute atomic E-state index is 6.24. The Morgan fingerprint density at radius 1 is 1.36 bits per heavy atom. The van der Waals surface area contributed by atoms with Crippen LogP contribution in [0, 0.1) is 0 Å². The van der Waals surface area contributed by atoms with E-state index in [-0.39, 0.29) is 0 Å². The van der Waals surface area contributed by atoms with Gasteiger partial charge in [-0.2, -0.15) is 0 Å². The third-order valence-electron chi connectivity index (χ3n) is 3.64. The summed E-state index contributed by atoms with van der Waals surface area (Å²) in [4.78, 5) is 9.34. The van der Waals surface area contributed by atoms with Crippen molar-refractivity contribution in [1.29, 1.82) is 0 Å². The highest BCUT2D eigenvalue weighted by Gasteiger charge is 2.15. The smallest absolute Gasteiger partial charge is 0.156 e. The quantitative estimate of drug-likeness (QED) is 0.350. The van der Waals surface area contributed by atoms with Gasteiger partial charge in [0.05, 0.1) is 0 Å². The zero-order valence-corrected chi connectivity index (χ0v) is 15.6. The number of hydrogen-bond acceptors (Lipinski definition) is 5. The van der Waals surface area contributed by atoms with Crippen LogP contribution in [-0.4, -0.2) is 29.3 Å². The first-order valence-corrected chi connectivity index (χ1v) is 8.93. The van der Waals surface area contributed by atoms with Crippen molar-refractivity contribution in [1.82, 2.24) is 4.31 Å². The molecule has 0 spiro atoms. The van der Waals surface area contributed by atoms with Gasteiger partial charge in [0.1, 0.15) is 5.84 Å². The molecule has 0 unspecified atom stereocenters. The monoisotopic (exact) mass is 338 g/mol. The molecule has 1 fully saturated rings. The third kappa shape index (κ3) is 4.95. The Balaban J connectivity index is 3.10. The summed E-state index contributed by atoms with van der Waals surface area (Å²) in [5.41, 5.74) is 9.45. The minimum absolute atomic E-state index is 0.591. The van der Waals surface area contributed by atoms with Gasteiger partial charge in [0.25, 0.3) is 0 Å². The summed E-state index contributed by atoms with van der Waals surface area (Å²) in [6, 6.07) is 0. The number of nitrogens with zero attached hydrogens (tertiary/aromatic N) is 3. The van der Waals surface area contributed by atoms with Gasteiger partial charge in [0, 0.05) is 30.1 Å². The standard InChI is InChI=1S/C16H26N4S2/c1-11(15(17)14-8-6-7-9-14)10-19-16(12(2)21)20(22-5)13(3)18-4/h10,21H,2,6-9,17H2,1,3-5H3/b11-10+,18-13+,19-16+. The molecule has 0 radical (unpaired) electrons. The Hall–Kier alpha value is -1.14. The summed E-state index contributed by atoms with van der Waals surface area (Å²) >= 11 is 5.87. The van der Waals surface area contributed by atoms with Gasteiger partial charge in [-0.15, -0.1) is 12.6 Å². The molecule has 2 N–H and O–H groups in total. The number of rotatable bonds is 4. The summed E-state index contributed by atoms with van der Waals surface area (Å²) in [6.45, 7) is 7.81. The number of thiol groups is 1. The molecule has 0 aromatic carbocycles. The molecule has 0 saturated heterocycles. The molecule has 1 rings (SSSR count). The van der Waals surface area contributed by atoms with Crippen LogP contribution in [0.5, 0.6) is 0 Å². The van der Waals surface area contributed by atoms with Crippen molar-refractivity contribution in [2.24, 2.45) is 15.7 Å². The summed E-state index contributed by atoms with van der Waals surface area (Å²) in [5, 5.41) is 0. The Kier molecular flexibility index (Phi) is 7.82. The van der Waals surface area contributed by atoms with Crippen molar-refractivity contribution in [3.05, 3.63) is 34.5 Å². The lowest BCUT2D eigenvalue weighted by Crippen LogP contribution is -2.28. The second-order valence-electron chi connectivity index (χ2n) is 5.18. The average Bonchev–Trinajstić information content (AvgIpc) is 3.03. The van der Waals surface area contributed by atoms with Crippen LogP contribution in [-0.2, 0) is 0 Å². The first kappa shape index (κ1) is 18.9. The molecule has 6 heteroatoms. The predicted molar refractivity (Wildman–Crippen MR) is 103 cm³/mol. The van der Waals surface area contributed by atoms with Gasteiger partial charge in [-0.1, -0.05) is 6.58 Å². The molecule has 0 aliphatic heterocycles. The molecular weight excluding hydrogens is 312 g/mol. The van der Waals surface area contributed by atoms with Crippen LogP contribution in [0.1, 0.15) is 39.5 Å². The van der Waals surface area contributed by atoms with Crippen molar-refractivity contribution < 1.29 is 0 Å². The topological polar surface area (TPSA) is 54.0 Å². The van der Waals surface area contributed by atoms with Crippen LogP contribution in [0.4, 0.5) is 0 Å². The van der Waals surface area contributed by atoms with E-state index in [0.717, 1.165) is 29.9 Å². The molecule has 0 heterocycles. The largest absolute Gasteiger partial charge is 0.399 e. The maximum Gasteiger partial charge on any atom is 0.156 e. The van der Waals surface area contributed by atoms with E-state index < -0.39 is 0 Å². The number of hydrogen-bond donors (Lipinski definition) is 2. The minimum Gasteiger partial charge on any atom is -0.399 e. The van der Waals surface area contributed by atoms with Gasteiger partial charge < -0.3 is 5.73 Å². The summed E-state index contributed by atoms with van der Waals surface area (Å²) in [5.74, 6) is 1.51. The van der Waals surface area contributed by atoms with E-state index in [0.29, 0.717) is 10.7 Å². The lowest BCUT2D eigenvalue weighted by atomic mass is 10.1. The molecule has 0 atom stereocenters. The number of amidine groups is 2. The van der Waals surface area contributed by atoms with Crippen LogP contribution in [0.2, 0.25) is 0 Å². The maximum atomic E-state index is 6.24. The second kappa shape index (κ2) is 9.10. The third-order valence-corrected chi connectivity index (χ3v) is 4.65. The van der Waals surface area contributed by atoms with E-state index in [9.17, 15) is 0 Å². The van der Waals surface area contributed by atoms with E-state index in [4.69, 9.17) is 5.73 Å². The molecule has 1 aliphatic carbocycles. The second-order valence-corrected chi connectivity index (χ2v) is 6.45. The molecule has 122 valence electrons. The summed E-state index contributed by atoms with van der Waals surface area (Å²) in [6.07, 6.45) is 8.43. The van der Waals surface area contributed by atoms with Crippen LogP contribution >= 0.6 is 24.6 Å². The van der Waals surface area contributed by atoms with Crippen LogP contribution < -0.4 is 5.73 Å². The first-order valence-electron chi connectivity index (χ1n) is 7.30. The average molecular weight is 339 g/mol. The molecule has 22 heavy (non-hydrogen) atoms. The fourth-order valence-corrected chi connectivity index (χ4v) is 3.19. The molecular formula is C16H26N4S2. The van der Waals surface area contributed by atoms with E-state index in [1.54, 1.807) is 13.2 Å². The van der Waals surface area contributed by atoms with Gasteiger partial charge in [-0.25, -0.2) is 4.99 Å². The fourth-order valence-electron chi connectivity index (χ4n) is 2.28. The van der Waals surface area contributed by atoms with E-state index in [1.165, 1.54) is 30.4 Å². The van der Waals surface area contributed by atoms with Gasteiger partial charge in [0.2, 0.25) is 0 Å². The van der Waals surface area contributed by atoms with Gasteiger partial charge in [-0.3, -0.25) is 9.30 Å². The van der Waals surface area contributed by atoms with Gasteiger partial charge in [0.15, 0.2) is 5.84 Å². The molecule has 0 bridgehead atoms. The lowest BCUT2D eigenvalue weighted by molar-refractivity contribution is 0.886.